The van der Waals surface area contributed by atoms with Gasteiger partial charge in [-0.05, 0) is 188 Å². The molecule has 0 saturated heterocycles. The number of unbranched alkanes of at least 4 members (excludes halogenated alkanes) is 3. The minimum atomic E-state index is 0.192. The van der Waals surface area contributed by atoms with Gasteiger partial charge in [-0.3, -0.25) is 0 Å². The molecule has 75 heavy (non-hydrogen) atoms. The van der Waals surface area contributed by atoms with Crippen molar-refractivity contribution in [1.82, 2.24) is 0 Å². The molecule has 0 aliphatic carbocycles. The lowest BCUT2D eigenvalue weighted by Gasteiger charge is -2.36. The molecule has 430 valence electrons. The molecular weight excluding hydrogens is 901 g/mol. The second-order valence-electron chi connectivity index (χ2n) is 21.9. The smallest absolute Gasteiger partial charge is 0.0160 e. The van der Waals surface area contributed by atoms with Crippen molar-refractivity contribution in [3.05, 3.63) is 189 Å². The predicted octanol–water partition coefficient (Wildman–Crippen LogP) is 26.4. The van der Waals surface area contributed by atoms with Gasteiger partial charge in [-0.25, -0.2) is 0 Å². The Bertz CT molecular complexity index is 1260. The van der Waals surface area contributed by atoms with Crippen LogP contribution in [0.15, 0.2) is 189 Å². The molecule has 0 heteroatoms. The van der Waals surface area contributed by atoms with E-state index < -0.39 is 0 Å². The second kappa shape index (κ2) is 57.8. The van der Waals surface area contributed by atoms with Gasteiger partial charge in [0.1, 0.15) is 0 Å². The van der Waals surface area contributed by atoms with Crippen LogP contribution in [-0.4, -0.2) is 0 Å². The maximum atomic E-state index is 3.93. The van der Waals surface area contributed by atoms with Gasteiger partial charge < -0.3 is 0 Å². The number of rotatable bonds is 48. The third kappa shape index (κ3) is 43.9. The Morgan fingerprint density at radius 3 is 0.573 bits per heavy atom. The Morgan fingerprint density at radius 2 is 0.413 bits per heavy atom. The van der Waals surface area contributed by atoms with Crippen LogP contribution in [0.1, 0.15) is 260 Å². The van der Waals surface area contributed by atoms with Crippen LogP contribution in [0.3, 0.4) is 0 Å². The number of hydrogen-bond donors (Lipinski definition) is 0. The van der Waals surface area contributed by atoms with Gasteiger partial charge in [-0.2, -0.15) is 0 Å². The molecule has 0 aromatic carbocycles. The monoisotopic (exact) mass is 1030 g/mol. The molecule has 0 fully saturated rings. The molecule has 0 radical (unpaired) electrons. The van der Waals surface area contributed by atoms with Crippen molar-refractivity contribution in [3.63, 3.8) is 0 Å². The van der Waals surface area contributed by atoms with E-state index in [0.717, 1.165) is 109 Å². The summed E-state index contributed by atoms with van der Waals surface area (Å²) in [5.41, 5.74) is 1.95. The van der Waals surface area contributed by atoms with Gasteiger partial charge in [0, 0.05) is 0 Å². The first-order chi connectivity index (χ1) is 36.2. The Hall–Kier alpha value is -3.90. The summed E-state index contributed by atoms with van der Waals surface area (Å²) in [5, 5.41) is 0. The average molecular weight is 1030 g/mol. The lowest BCUT2D eigenvalue weighted by molar-refractivity contribution is 0.161. The lowest BCUT2D eigenvalue weighted by Crippen LogP contribution is -2.22. The van der Waals surface area contributed by atoms with Crippen LogP contribution in [0.25, 0.3) is 0 Å². The van der Waals surface area contributed by atoms with E-state index >= 15 is 0 Å². The van der Waals surface area contributed by atoms with Crippen molar-refractivity contribution in [2.24, 2.45) is 27.1 Å². The lowest BCUT2D eigenvalue weighted by atomic mass is 9.69. The predicted molar refractivity (Wildman–Crippen MR) is 355 cm³/mol. The summed E-state index contributed by atoms with van der Waals surface area (Å²) >= 11 is 0. The molecule has 0 N–H and O–H groups in total. The van der Waals surface area contributed by atoms with E-state index in [0.29, 0.717) is 10.8 Å². The van der Waals surface area contributed by atoms with Crippen LogP contribution in [0.5, 0.6) is 0 Å². The largest absolute Gasteiger partial charge is 0.103 e. The Balaban J connectivity index is -0.000000311. The third-order valence-corrected chi connectivity index (χ3v) is 14.9. The SMILES string of the molecule is C=CCC.C=CCC(CC=C)(CC=C)CC=C.C=CCC(CC=C)(CC=C)CC=CCCC=CCC(CC=C)(CC=C)CC=C.C=CCCC=C.CCCC(CCC)(CCC)CCCCC(CCC)(CCC)CCC. The molecule has 0 unspecified atom stereocenters. The van der Waals surface area contributed by atoms with Crippen molar-refractivity contribution in [1.29, 1.82) is 0 Å². The van der Waals surface area contributed by atoms with Crippen molar-refractivity contribution in [2.75, 3.05) is 0 Å². The first-order valence-electron chi connectivity index (χ1n) is 30.4. The van der Waals surface area contributed by atoms with Gasteiger partial charge >= 0.3 is 0 Å². The van der Waals surface area contributed by atoms with E-state index in [1.165, 1.54) is 103 Å². The van der Waals surface area contributed by atoms with E-state index in [2.05, 4.69) is 158 Å². The van der Waals surface area contributed by atoms with Crippen molar-refractivity contribution in [3.8, 4) is 0 Å². The van der Waals surface area contributed by atoms with Gasteiger partial charge in [0.05, 0.1) is 0 Å². The van der Waals surface area contributed by atoms with Crippen molar-refractivity contribution >= 4 is 0 Å². The maximum Gasteiger partial charge on any atom is -0.0160 e. The molecule has 0 rings (SSSR count). The molecule has 0 nitrogen and oxygen atoms in total. The van der Waals surface area contributed by atoms with Crippen LogP contribution in [0, 0.1) is 27.1 Å². The first-order valence-corrected chi connectivity index (χ1v) is 30.4. The quantitative estimate of drug-likeness (QED) is 0.0421. The van der Waals surface area contributed by atoms with Crippen LogP contribution < -0.4 is 0 Å². The highest BCUT2D eigenvalue weighted by atomic mass is 14.4. The zero-order chi connectivity index (χ0) is 57.9. The summed E-state index contributed by atoms with van der Waals surface area (Å²) in [4.78, 5) is 0. The van der Waals surface area contributed by atoms with Gasteiger partial charge in [0.15, 0.2) is 0 Å². The van der Waals surface area contributed by atoms with Gasteiger partial charge in [0.25, 0.3) is 0 Å². The third-order valence-electron chi connectivity index (χ3n) is 14.9. The molecule has 0 heterocycles. The minimum Gasteiger partial charge on any atom is -0.103 e. The highest BCUT2D eigenvalue weighted by molar-refractivity contribution is 5.03. The highest BCUT2D eigenvalue weighted by Gasteiger charge is 2.30. The molecule has 0 aliphatic heterocycles. The molecule has 0 aromatic rings. The van der Waals surface area contributed by atoms with Crippen LogP contribution in [-0.2, 0) is 0 Å². The van der Waals surface area contributed by atoms with E-state index in [4.69, 9.17) is 0 Å². The van der Waals surface area contributed by atoms with Gasteiger partial charge in [-0.1, -0.05) is 203 Å². The van der Waals surface area contributed by atoms with Crippen molar-refractivity contribution < 1.29 is 0 Å². The van der Waals surface area contributed by atoms with Crippen molar-refractivity contribution in [2.45, 2.75) is 260 Å². The minimum absolute atomic E-state index is 0.192. The van der Waals surface area contributed by atoms with E-state index in [9.17, 15) is 0 Å². The normalized spacial score (nSPS) is 11.3. The molecule has 0 aromatic heterocycles. The summed E-state index contributed by atoms with van der Waals surface area (Å²) in [6, 6.07) is 0. The van der Waals surface area contributed by atoms with Crippen LogP contribution in [0.4, 0.5) is 0 Å². The summed E-state index contributed by atoms with van der Waals surface area (Å²) in [7, 11) is 0. The number of allylic oxidation sites excluding steroid dienone is 17. The highest BCUT2D eigenvalue weighted by Crippen LogP contribution is 2.44. The molecule has 0 atom stereocenters. The molecule has 0 amide bonds. The topological polar surface area (TPSA) is 0 Å². The summed E-state index contributed by atoms with van der Waals surface area (Å²) in [5.74, 6) is 0. The second-order valence-corrected chi connectivity index (χ2v) is 21.9. The molecule has 0 spiro atoms. The summed E-state index contributed by atoms with van der Waals surface area (Å²) < 4.78 is 0. The molecular formula is C75H130. The molecule has 0 aliphatic rings. The molecule has 0 saturated carbocycles. The standard InChI is InChI=1S/C28H42.C24H50.C13H20.C6H10.C4H8/c1-7-19-27(20-8-2,21-9-3)25-17-15-13-14-16-18-26-28(22-10-4,23-11-5)24-12-6;1-7-15-23(16-8-2,17-9-3)21-13-14-22-24(18-10-4,19-11-5)20-12-6;1-5-9-13(10-6-2,11-7-3)12-8-4;1-3-5-6-4-2;1-3-4-2/h7-12,15-18H,1-6,13-14,19-26H2;7-22H2,1-6H3;5-8H,1-4,9-12H2;3-4H,1-2,5-6H2;3H,1,4H2,2H3. The van der Waals surface area contributed by atoms with Crippen LogP contribution >= 0.6 is 0 Å². The Kier molecular flexibility index (Phi) is 61.6. The Labute approximate surface area is 473 Å². The fourth-order valence-corrected chi connectivity index (χ4v) is 11.6. The average Bonchev–Trinajstić information content (AvgIpc) is 3.37. The number of hydrogen-bond acceptors (Lipinski definition) is 0. The van der Waals surface area contributed by atoms with E-state index in [1.54, 1.807) is 0 Å². The zero-order valence-electron chi connectivity index (χ0n) is 51.8. The molecule has 0 bridgehead atoms. The Morgan fingerprint density at radius 1 is 0.213 bits per heavy atom. The van der Waals surface area contributed by atoms with E-state index in [1.807, 2.05) is 79.0 Å². The van der Waals surface area contributed by atoms with Gasteiger partial charge in [-0.15, -0.1) is 85.5 Å². The fourth-order valence-electron chi connectivity index (χ4n) is 11.6. The summed E-state index contributed by atoms with van der Waals surface area (Å²) in [6.07, 6.45) is 75.1. The summed E-state index contributed by atoms with van der Waals surface area (Å²) in [6.45, 7) is 65.7. The van der Waals surface area contributed by atoms with Crippen LogP contribution in [0.2, 0.25) is 0 Å². The maximum absolute atomic E-state index is 3.93. The van der Waals surface area contributed by atoms with E-state index in [-0.39, 0.29) is 16.2 Å². The first kappa shape index (κ1) is 80.0. The fraction of sp³-hybridized carbons (Fsp3) is 0.600. The van der Waals surface area contributed by atoms with Gasteiger partial charge in [0.2, 0.25) is 0 Å². The zero-order valence-corrected chi connectivity index (χ0v) is 51.8.